The van der Waals surface area contributed by atoms with E-state index in [-0.39, 0.29) is 12.4 Å². The van der Waals surface area contributed by atoms with Crippen LogP contribution in [-0.4, -0.2) is 32.0 Å². The molecule has 1 saturated carbocycles. The molecule has 1 aliphatic carbocycles. The van der Waals surface area contributed by atoms with Gasteiger partial charge in [0.15, 0.2) is 15.3 Å². The number of carbonyl (C=O) groups excluding carboxylic acids is 1. The third kappa shape index (κ3) is 2.32. The predicted molar refractivity (Wildman–Crippen MR) is 77.1 cm³/mol. The molecule has 0 aromatic heterocycles. The van der Waals surface area contributed by atoms with Crippen LogP contribution in [0.4, 0.5) is 0 Å². The van der Waals surface area contributed by atoms with Gasteiger partial charge >= 0.3 is 5.97 Å². The fourth-order valence-electron chi connectivity index (χ4n) is 2.80. The van der Waals surface area contributed by atoms with Gasteiger partial charge in [-0.3, -0.25) is 4.79 Å². The van der Waals surface area contributed by atoms with E-state index in [0.29, 0.717) is 5.56 Å². The van der Waals surface area contributed by atoms with E-state index in [1.165, 1.54) is 6.92 Å². The van der Waals surface area contributed by atoms with Crippen molar-refractivity contribution in [3.63, 3.8) is 0 Å². The summed E-state index contributed by atoms with van der Waals surface area (Å²) < 4.78 is 29.5. The number of sulfone groups is 1. The summed E-state index contributed by atoms with van der Waals surface area (Å²) in [6.07, 6.45) is 0. The molecule has 2 rings (SSSR count). The van der Waals surface area contributed by atoms with E-state index in [0.717, 1.165) is 0 Å². The van der Waals surface area contributed by atoms with Crippen LogP contribution >= 0.6 is 0 Å². The van der Waals surface area contributed by atoms with Crippen LogP contribution in [0.15, 0.2) is 30.3 Å². The van der Waals surface area contributed by atoms with Crippen molar-refractivity contribution in [2.75, 3.05) is 12.4 Å². The Balaban J connectivity index is 2.52. The zero-order valence-corrected chi connectivity index (χ0v) is 12.8. The van der Waals surface area contributed by atoms with Gasteiger partial charge in [-0.2, -0.15) is 5.26 Å². The Morgan fingerprint density at radius 3 is 2.43 bits per heavy atom. The van der Waals surface area contributed by atoms with Crippen LogP contribution in [0.25, 0.3) is 0 Å². The van der Waals surface area contributed by atoms with Crippen LogP contribution in [0.1, 0.15) is 25.3 Å². The number of hydrogen-bond donors (Lipinski definition) is 0. The van der Waals surface area contributed by atoms with Crippen molar-refractivity contribution < 1.29 is 17.9 Å². The average Bonchev–Trinajstić information content (AvgIpc) is 3.20. The van der Waals surface area contributed by atoms with Crippen molar-refractivity contribution in [3.05, 3.63) is 35.9 Å². The summed E-state index contributed by atoms with van der Waals surface area (Å²) in [7, 11) is -3.53. The molecule has 0 unspecified atom stereocenters. The number of hydrogen-bond acceptors (Lipinski definition) is 5. The largest absolute Gasteiger partial charge is 0.465 e. The van der Waals surface area contributed by atoms with Gasteiger partial charge in [0.1, 0.15) is 5.25 Å². The molecule has 6 heteroatoms. The smallest absolute Gasteiger partial charge is 0.328 e. The molecule has 0 spiro atoms. The van der Waals surface area contributed by atoms with E-state index in [9.17, 15) is 18.5 Å². The lowest BCUT2D eigenvalue weighted by atomic mass is 10.0. The minimum absolute atomic E-state index is 0.107. The molecule has 0 aliphatic heterocycles. The fourth-order valence-corrected chi connectivity index (χ4v) is 4.73. The second-order valence-electron chi connectivity index (χ2n) is 4.96. The Hall–Kier alpha value is -1.87. The minimum Gasteiger partial charge on any atom is -0.465 e. The highest BCUT2D eigenvalue weighted by atomic mass is 32.2. The number of esters is 1. The van der Waals surface area contributed by atoms with Crippen LogP contribution in [-0.2, 0) is 19.4 Å². The summed E-state index contributed by atoms with van der Waals surface area (Å²) in [6.45, 7) is 3.26. The van der Waals surface area contributed by atoms with E-state index in [4.69, 9.17) is 4.74 Å². The van der Waals surface area contributed by atoms with Gasteiger partial charge in [-0.15, -0.1) is 0 Å². The van der Waals surface area contributed by atoms with Crippen LogP contribution in [0.2, 0.25) is 0 Å². The maximum atomic E-state index is 12.3. The van der Waals surface area contributed by atoms with E-state index < -0.39 is 32.4 Å². The second kappa shape index (κ2) is 5.49. The zero-order chi connectivity index (χ0) is 15.7. The van der Waals surface area contributed by atoms with Crippen molar-refractivity contribution in [3.8, 4) is 6.07 Å². The minimum atomic E-state index is -3.53. The van der Waals surface area contributed by atoms with Gasteiger partial charge in [-0.25, -0.2) is 8.42 Å². The zero-order valence-electron chi connectivity index (χ0n) is 11.9. The van der Waals surface area contributed by atoms with Crippen LogP contribution in [0.5, 0.6) is 0 Å². The lowest BCUT2D eigenvalue weighted by molar-refractivity contribution is -0.147. The fraction of sp³-hybridized carbons (Fsp3) is 0.467. The van der Waals surface area contributed by atoms with Gasteiger partial charge in [0.2, 0.25) is 0 Å². The second-order valence-corrected chi connectivity index (χ2v) is 7.37. The molecule has 1 aromatic carbocycles. The van der Waals surface area contributed by atoms with Gasteiger partial charge in [-0.1, -0.05) is 37.3 Å². The van der Waals surface area contributed by atoms with E-state index in [1.807, 2.05) is 6.07 Å². The average molecular weight is 307 g/mol. The number of rotatable bonds is 5. The van der Waals surface area contributed by atoms with Crippen LogP contribution in [0, 0.1) is 16.7 Å². The standard InChI is InChI=1S/C15H17NO4S/c1-3-20-14(17)15(10-16)12(11-8-6-5-7-9-11)13(15)21(18,19)4-2/h5-9,12-13H,3-4H2,1-2H3/t12-,13+,15+/m1/s1. The summed E-state index contributed by atoms with van der Waals surface area (Å²) in [5.74, 6) is -1.51. The molecule has 21 heavy (non-hydrogen) atoms. The molecular formula is C15H17NO4S. The molecule has 0 amide bonds. The van der Waals surface area contributed by atoms with Gasteiger partial charge in [0.05, 0.1) is 12.7 Å². The van der Waals surface area contributed by atoms with Crippen LogP contribution < -0.4 is 0 Å². The van der Waals surface area contributed by atoms with Crippen LogP contribution in [0.3, 0.4) is 0 Å². The van der Waals surface area contributed by atoms with Crippen molar-refractivity contribution in [1.29, 1.82) is 5.26 Å². The topological polar surface area (TPSA) is 84.2 Å². The summed E-state index contributed by atoms with van der Waals surface area (Å²) in [4.78, 5) is 12.2. The molecule has 112 valence electrons. The Kier molecular flexibility index (Phi) is 4.06. The molecule has 0 radical (unpaired) electrons. The first-order valence-electron chi connectivity index (χ1n) is 6.80. The van der Waals surface area contributed by atoms with E-state index in [2.05, 4.69) is 0 Å². The summed E-state index contributed by atoms with van der Waals surface area (Å²) >= 11 is 0. The molecule has 0 heterocycles. The molecule has 0 saturated heterocycles. The molecule has 3 atom stereocenters. The number of nitrogens with zero attached hydrogens (tertiary/aromatic N) is 1. The molecular weight excluding hydrogens is 290 g/mol. The first-order chi connectivity index (χ1) is 9.95. The lowest BCUT2D eigenvalue weighted by Gasteiger charge is -2.08. The maximum absolute atomic E-state index is 12.3. The lowest BCUT2D eigenvalue weighted by Crippen LogP contribution is -2.26. The highest BCUT2D eigenvalue weighted by Gasteiger charge is 2.77. The molecule has 5 nitrogen and oxygen atoms in total. The maximum Gasteiger partial charge on any atom is 0.328 e. The van der Waals surface area contributed by atoms with Gasteiger partial charge < -0.3 is 4.74 Å². The number of carbonyl (C=O) groups is 1. The van der Waals surface area contributed by atoms with Crippen molar-refractivity contribution in [2.24, 2.45) is 5.41 Å². The van der Waals surface area contributed by atoms with E-state index >= 15 is 0 Å². The summed E-state index contributed by atoms with van der Waals surface area (Å²) in [6, 6.07) is 10.7. The first kappa shape index (κ1) is 15.5. The first-order valence-corrected chi connectivity index (χ1v) is 8.52. The third-order valence-corrected chi connectivity index (χ3v) is 6.10. The highest BCUT2D eigenvalue weighted by molar-refractivity contribution is 7.92. The van der Waals surface area contributed by atoms with Crippen molar-refractivity contribution in [2.45, 2.75) is 25.0 Å². The van der Waals surface area contributed by atoms with E-state index in [1.54, 1.807) is 37.3 Å². The molecule has 0 N–H and O–H groups in total. The van der Waals surface area contributed by atoms with Crippen molar-refractivity contribution >= 4 is 15.8 Å². The van der Waals surface area contributed by atoms with Gasteiger partial charge in [-0.05, 0) is 12.5 Å². The Bertz CT molecular complexity index is 677. The predicted octanol–water partition coefficient (Wildman–Crippen LogP) is 1.66. The third-order valence-electron chi connectivity index (χ3n) is 3.88. The monoisotopic (exact) mass is 307 g/mol. The highest BCUT2D eigenvalue weighted by Crippen LogP contribution is 2.63. The van der Waals surface area contributed by atoms with Gasteiger partial charge in [0.25, 0.3) is 0 Å². The number of benzene rings is 1. The SMILES string of the molecule is CCOC(=O)[C@@]1(C#N)[C@H](c2ccccc2)[C@@H]1S(=O)(=O)CC. The number of ether oxygens (including phenoxy) is 1. The Morgan fingerprint density at radius 2 is 1.95 bits per heavy atom. The normalized spacial score (nSPS) is 27.7. The Morgan fingerprint density at radius 1 is 1.33 bits per heavy atom. The Labute approximate surface area is 124 Å². The molecule has 0 bridgehead atoms. The molecule has 1 aliphatic rings. The molecule has 1 fully saturated rings. The summed E-state index contributed by atoms with van der Waals surface area (Å²) in [5.41, 5.74) is -0.944. The van der Waals surface area contributed by atoms with Gasteiger partial charge in [0, 0.05) is 11.7 Å². The van der Waals surface area contributed by atoms with Crippen molar-refractivity contribution in [1.82, 2.24) is 0 Å². The quantitative estimate of drug-likeness (QED) is 0.772. The number of nitriles is 1. The summed E-state index contributed by atoms with van der Waals surface area (Å²) in [5, 5.41) is 8.47. The molecule has 1 aromatic rings.